The van der Waals surface area contributed by atoms with Gasteiger partial charge in [-0.15, -0.1) is 10.2 Å². The molecule has 1 N–H and O–H groups in total. The Morgan fingerprint density at radius 1 is 1.19 bits per heavy atom. The molecule has 0 radical (unpaired) electrons. The van der Waals surface area contributed by atoms with Crippen molar-refractivity contribution >= 4 is 35.0 Å². The number of hydrogen-bond donors (Lipinski definition) is 1. The molecule has 6 nitrogen and oxygen atoms in total. The van der Waals surface area contributed by atoms with Crippen LogP contribution in [0.5, 0.6) is 5.75 Å². The van der Waals surface area contributed by atoms with E-state index < -0.39 is 5.25 Å². The number of aromatic nitrogens is 2. The van der Waals surface area contributed by atoms with Crippen molar-refractivity contribution in [1.29, 1.82) is 0 Å². The summed E-state index contributed by atoms with van der Waals surface area (Å²) in [4.78, 5) is 12.3. The SMILES string of the molecule is COc1ccc(Cc2nnc(S[C@H](C)C(=O)Nc3ccc(Cl)cc3)o2)cc1. The number of benzene rings is 2. The number of ether oxygens (including phenoxy) is 1. The van der Waals surface area contributed by atoms with E-state index in [1.165, 1.54) is 11.8 Å². The molecule has 140 valence electrons. The third-order valence-corrected chi connectivity index (χ3v) is 4.91. The van der Waals surface area contributed by atoms with E-state index in [1.807, 2.05) is 24.3 Å². The Kier molecular flexibility index (Phi) is 6.36. The van der Waals surface area contributed by atoms with E-state index in [-0.39, 0.29) is 5.91 Å². The molecule has 0 aliphatic heterocycles. The number of carbonyl (C=O) groups excluding carboxylic acids is 1. The maximum absolute atomic E-state index is 12.3. The van der Waals surface area contributed by atoms with Gasteiger partial charge in [-0.3, -0.25) is 4.79 Å². The Morgan fingerprint density at radius 2 is 1.89 bits per heavy atom. The highest BCUT2D eigenvalue weighted by Gasteiger charge is 2.18. The summed E-state index contributed by atoms with van der Waals surface area (Å²) in [5, 5.41) is 11.5. The minimum absolute atomic E-state index is 0.155. The Morgan fingerprint density at radius 3 is 2.56 bits per heavy atom. The number of rotatable bonds is 7. The number of carbonyl (C=O) groups is 1. The summed E-state index contributed by atoms with van der Waals surface area (Å²) in [5.41, 5.74) is 1.71. The fourth-order valence-corrected chi connectivity index (χ4v) is 3.08. The van der Waals surface area contributed by atoms with Gasteiger partial charge >= 0.3 is 0 Å². The van der Waals surface area contributed by atoms with E-state index in [4.69, 9.17) is 20.8 Å². The van der Waals surface area contributed by atoms with Crippen LogP contribution in [-0.2, 0) is 11.2 Å². The van der Waals surface area contributed by atoms with Crippen LogP contribution in [0, 0.1) is 0 Å². The van der Waals surface area contributed by atoms with Gasteiger partial charge in [-0.1, -0.05) is 35.5 Å². The maximum Gasteiger partial charge on any atom is 0.277 e. The van der Waals surface area contributed by atoms with Gasteiger partial charge in [-0.05, 0) is 48.9 Å². The zero-order chi connectivity index (χ0) is 19.2. The minimum atomic E-state index is -0.394. The zero-order valence-corrected chi connectivity index (χ0v) is 16.4. The van der Waals surface area contributed by atoms with E-state index >= 15 is 0 Å². The predicted octanol–water partition coefficient (Wildman–Crippen LogP) is 4.44. The number of nitrogens with one attached hydrogen (secondary N) is 1. The van der Waals surface area contributed by atoms with Crippen LogP contribution in [0.3, 0.4) is 0 Å². The predicted molar refractivity (Wildman–Crippen MR) is 105 cm³/mol. The molecule has 3 aromatic rings. The van der Waals surface area contributed by atoms with Crippen LogP contribution in [0.2, 0.25) is 5.02 Å². The molecule has 1 heterocycles. The summed E-state index contributed by atoms with van der Waals surface area (Å²) in [6.45, 7) is 1.78. The van der Waals surface area contributed by atoms with Gasteiger partial charge in [0, 0.05) is 10.7 Å². The van der Waals surface area contributed by atoms with Crippen LogP contribution >= 0.6 is 23.4 Å². The summed E-state index contributed by atoms with van der Waals surface area (Å²) in [7, 11) is 1.63. The lowest BCUT2D eigenvalue weighted by Gasteiger charge is -2.09. The highest BCUT2D eigenvalue weighted by molar-refractivity contribution is 8.00. The van der Waals surface area contributed by atoms with Gasteiger partial charge in [0.05, 0.1) is 18.8 Å². The van der Waals surface area contributed by atoms with Crippen molar-refractivity contribution < 1.29 is 13.9 Å². The number of halogens is 1. The lowest BCUT2D eigenvalue weighted by atomic mass is 10.1. The number of amides is 1. The summed E-state index contributed by atoms with van der Waals surface area (Å²) < 4.78 is 10.8. The molecule has 0 fully saturated rings. The van der Waals surface area contributed by atoms with Crippen molar-refractivity contribution in [2.45, 2.75) is 23.8 Å². The maximum atomic E-state index is 12.3. The smallest absolute Gasteiger partial charge is 0.277 e. The van der Waals surface area contributed by atoms with Crippen molar-refractivity contribution in [3.8, 4) is 5.75 Å². The Hall–Kier alpha value is -2.51. The minimum Gasteiger partial charge on any atom is -0.497 e. The molecule has 3 rings (SSSR count). The molecular weight excluding hydrogens is 386 g/mol. The molecular formula is C19H18ClN3O3S. The van der Waals surface area contributed by atoms with E-state index in [0.717, 1.165) is 11.3 Å². The van der Waals surface area contributed by atoms with E-state index in [1.54, 1.807) is 38.3 Å². The molecule has 0 spiro atoms. The monoisotopic (exact) mass is 403 g/mol. The van der Waals surface area contributed by atoms with Gasteiger partial charge in [0.25, 0.3) is 5.22 Å². The highest BCUT2D eigenvalue weighted by atomic mass is 35.5. The second-order valence-corrected chi connectivity index (χ2v) is 7.47. The van der Waals surface area contributed by atoms with Crippen LogP contribution in [0.15, 0.2) is 58.2 Å². The first-order chi connectivity index (χ1) is 13.0. The molecule has 1 atom stereocenters. The second-order valence-electron chi connectivity index (χ2n) is 5.74. The molecule has 2 aromatic carbocycles. The molecule has 0 aliphatic carbocycles. The Balaban J connectivity index is 1.55. The van der Waals surface area contributed by atoms with Crippen molar-refractivity contribution in [3.05, 3.63) is 65.0 Å². The van der Waals surface area contributed by atoms with Crippen LogP contribution < -0.4 is 10.1 Å². The summed E-state index contributed by atoms with van der Waals surface area (Å²) >= 11 is 7.06. The third-order valence-electron chi connectivity index (χ3n) is 3.72. The molecule has 0 saturated heterocycles. The van der Waals surface area contributed by atoms with Crippen molar-refractivity contribution in [2.75, 3.05) is 12.4 Å². The largest absolute Gasteiger partial charge is 0.497 e. The molecule has 0 aliphatic rings. The standard InChI is InChI=1S/C19H18ClN3O3S/c1-12(18(24)21-15-7-5-14(20)6-8-15)27-19-23-22-17(26-19)11-13-3-9-16(25-2)10-4-13/h3-10,12H,11H2,1-2H3,(H,21,24)/t12-/m1/s1. The second kappa shape index (κ2) is 8.92. The van der Waals surface area contributed by atoms with Crippen LogP contribution in [0.4, 0.5) is 5.69 Å². The van der Waals surface area contributed by atoms with Gasteiger partial charge in [0.15, 0.2) is 0 Å². The van der Waals surface area contributed by atoms with Gasteiger partial charge in [0.1, 0.15) is 5.75 Å². The number of anilines is 1. The van der Waals surface area contributed by atoms with Gasteiger partial charge < -0.3 is 14.5 Å². The number of hydrogen-bond acceptors (Lipinski definition) is 6. The molecule has 0 saturated carbocycles. The summed E-state index contributed by atoms with van der Waals surface area (Å²) in [6, 6.07) is 14.6. The number of nitrogens with zero attached hydrogens (tertiary/aromatic N) is 2. The Bertz CT molecular complexity index is 897. The molecule has 1 amide bonds. The van der Waals surface area contributed by atoms with Crippen molar-refractivity contribution in [2.24, 2.45) is 0 Å². The lowest BCUT2D eigenvalue weighted by Crippen LogP contribution is -2.22. The van der Waals surface area contributed by atoms with E-state index in [9.17, 15) is 4.79 Å². The molecule has 0 unspecified atom stereocenters. The summed E-state index contributed by atoms with van der Waals surface area (Å²) in [5.74, 6) is 1.13. The molecule has 8 heteroatoms. The molecule has 1 aromatic heterocycles. The first-order valence-corrected chi connectivity index (χ1v) is 9.47. The lowest BCUT2D eigenvalue weighted by molar-refractivity contribution is -0.115. The topological polar surface area (TPSA) is 77.2 Å². The fraction of sp³-hybridized carbons (Fsp3) is 0.211. The fourth-order valence-electron chi connectivity index (χ4n) is 2.26. The van der Waals surface area contributed by atoms with E-state index in [2.05, 4.69) is 15.5 Å². The van der Waals surface area contributed by atoms with Gasteiger partial charge in [-0.2, -0.15) is 0 Å². The Labute approximate surface area is 166 Å². The van der Waals surface area contributed by atoms with Crippen molar-refractivity contribution in [1.82, 2.24) is 10.2 Å². The van der Waals surface area contributed by atoms with Crippen LogP contribution in [-0.4, -0.2) is 28.5 Å². The first kappa shape index (κ1) is 19.3. The van der Waals surface area contributed by atoms with E-state index in [0.29, 0.717) is 28.2 Å². The van der Waals surface area contributed by atoms with Gasteiger partial charge in [0.2, 0.25) is 11.8 Å². The third kappa shape index (κ3) is 5.48. The van der Waals surface area contributed by atoms with Crippen LogP contribution in [0.1, 0.15) is 18.4 Å². The van der Waals surface area contributed by atoms with Crippen LogP contribution in [0.25, 0.3) is 0 Å². The average molecular weight is 404 g/mol. The normalized spacial score (nSPS) is 11.8. The average Bonchev–Trinajstić information content (AvgIpc) is 3.11. The van der Waals surface area contributed by atoms with Crippen molar-refractivity contribution in [3.63, 3.8) is 0 Å². The first-order valence-electron chi connectivity index (χ1n) is 8.22. The number of thioether (sulfide) groups is 1. The zero-order valence-electron chi connectivity index (χ0n) is 14.8. The van der Waals surface area contributed by atoms with Gasteiger partial charge in [-0.25, -0.2) is 0 Å². The molecule has 0 bridgehead atoms. The number of methoxy groups -OCH3 is 1. The summed E-state index contributed by atoms with van der Waals surface area (Å²) in [6.07, 6.45) is 0.517. The highest BCUT2D eigenvalue weighted by Crippen LogP contribution is 2.24. The quantitative estimate of drug-likeness (QED) is 0.587. The molecule has 27 heavy (non-hydrogen) atoms.